The molecular formula is C25H24F3N3O5. The van der Waals surface area contributed by atoms with E-state index in [4.69, 9.17) is 14.6 Å². The van der Waals surface area contributed by atoms with Gasteiger partial charge in [0.05, 0.1) is 26.3 Å². The summed E-state index contributed by atoms with van der Waals surface area (Å²) in [5.74, 6) is -1.10. The molecule has 4 rings (SSSR count). The Morgan fingerprint density at radius 2 is 1.78 bits per heavy atom. The lowest BCUT2D eigenvalue weighted by atomic mass is 10.0. The molecule has 0 unspecified atom stereocenters. The molecule has 2 aromatic carbocycles. The van der Waals surface area contributed by atoms with Crippen molar-refractivity contribution in [2.24, 2.45) is 0 Å². The van der Waals surface area contributed by atoms with Gasteiger partial charge < -0.3 is 19.5 Å². The Morgan fingerprint density at radius 3 is 2.39 bits per heavy atom. The molecule has 11 heteroatoms. The first-order valence-electron chi connectivity index (χ1n) is 11.2. The first-order chi connectivity index (χ1) is 17.2. The molecule has 190 valence electrons. The molecule has 1 heterocycles. The number of carboxylic acid groups (broad SMARTS) is 1. The van der Waals surface area contributed by atoms with E-state index < -0.39 is 36.9 Å². The Bertz CT molecular complexity index is 1340. The summed E-state index contributed by atoms with van der Waals surface area (Å²) in [5.41, 5.74) is 1.24. The van der Waals surface area contributed by atoms with Gasteiger partial charge in [0.1, 0.15) is 23.0 Å². The first kappa shape index (κ1) is 25.1. The predicted octanol–water partition coefficient (Wildman–Crippen LogP) is 4.05. The molecule has 1 aliphatic rings. The summed E-state index contributed by atoms with van der Waals surface area (Å²) in [6, 6.07) is 8.26. The lowest BCUT2D eigenvalue weighted by Crippen LogP contribution is -2.32. The summed E-state index contributed by atoms with van der Waals surface area (Å²) in [5, 5.41) is 13.4. The van der Waals surface area contributed by atoms with E-state index in [0.717, 1.165) is 28.4 Å². The number of alkyl halides is 2. The molecule has 0 saturated carbocycles. The van der Waals surface area contributed by atoms with Crippen molar-refractivity contribution in [1.29, 1.82) is 0 Å². The molecule has 3 aromatic rings. The van der Waals surface area contributed by atoms with Gasteiger partial charge in [0.15, 0.2) is 0 Å². The van der Waals surface area contributed by atoms with Crippen LogP contribution in [0.4, 0.5) is 18.9 Å². The van der Waals surface area contributed by atoms with E-state index in [0.29, 0.717) is 52.5 Å². The van der Waals surface area contributed by atoms with E-state index >= 15 is 0 Å². The van der Waals surface area contributed by atoms with Gasteiger partial charge in [0.2, 0.25) is 0 Å². The largest absolute Gasteiger partial charge is 0.497 e. The lowest BCUT2D eigenvalue weighted by Gasteiger charge is -2.24. The minimum Gasteiger partial charge on any atom is -0.497 e. The highest BCUT2D eigenvalue weighted by Crippen LogP contribution is 2.34. The average Bonchev–Trinajstić information content (AvgIpc) is 3.35. The molecule has 0 atom stereocenters. The van der Waals surface area contributed by atoms with Gasteiger partial charge in [0, 0.05) is 29.4 Å². The van der Waals surface area contributed by atoms with Crippen LogP contribution in [0.25, 0.3) is 16.9 Å². The number of aromatic nitrogens is 2. The van der Waals surface area contributed by atoms with Crippen molar-refractivity contribution in [2.75, 3.05) is 25.7 Å². The van der Waals surface area contributed by atoms with Gasteiger partial charge in [-0.1, -0.05) is 0 Å². The van der Waals surface area contributed by atoms with Crippen LogP contribution in [-0.2, 0) is 17.6 Å². The Morgan fingerprint density at radius 1 is 1.11 bits per heavy atom. The van der Waals surface area contributed by atoms with Crippen LogP contribution in [0.1, 0.15) is 24.0 Å². The fourth-order valence-electron chi connectivity index (χ4n) is 4.31. The highest BCUT2D eigenvalue weighted by Gasteiger charge is 2.26. The van der Waals surface area contributed by atoms with Crippen molar-refractivity contribution < 1.29 is 32.5 Å². The number of hydrogen-bond donors (Lipinski definition) is 1. The number of halogens is 3. The lowest BCUT2D eigenvalue weighted by molar-refractivity contribution is -0.136. The number of carbonyl (C=O) groups is 1. The zero-order valence-corrected chi connectivity index (χ0v) is 19.6. The summed E-state index contributed by atoms with van der Waals surface area (Å²) < 4.78 is 53.9. The van der Waals surface area contributed by atoms with Crippen molar-refractivity contribution >= 4 is 11.7 Å². The quantitative estimate of drug-likeness (QED) is 0.441. The van der Waals surface area contributed by atoms with Gasteiger partial charge in [-0.05, 0) is 55.2 Å². The number of anilines is 1. The molecule has 1 aliphatic carbocycles. The zero-order chi connectivity index (χ0) is 26.0. The topological polar surface area (TPSA) is 93.9 Å². The number of aliphatic carboxylic acids is 1. The second kappa shape index (κ2) is 10.3. The fraction of sp³-hybridized carbons (Fsp3) is 0.320. The van der Waals surface area contributed by atoms with Gasteiger partial charge in [0.25, 0.3) is 5.56 Å². The Hall–Kier alpha value is -4.02. The fourth-order valence-corrected chi connectivity index (χ4v) is 4.31. The predicted molar refractivity (Wildman–Crippen MR) is 126 cm³/mol. The smallest absolute Gasteiger partial charge is 0.315 e. The van der Waals surface area contributed by atoms with E-state index in [1.807, 2.05) is 0 Å². The van der Waals surface area contributed by atoms with Crippen LogP contribution in [0.2, 0.25) is 0 Å². The Balaban J connectivity index is 1.90. The highest BCUT2D eigenvalue weighted by atomic mass is 19.3. The number of benzene rings is 2. The zero-order valence-electron chi connectivity index (χ0n) is 19.6. The van der Waals surface area contributed by atoms with Crippen molar-refractivity contribution in [2.45, 2.75) is 32.2 Å². The first-order valence-corrected chi connectivity index (χ1v) is 11.2. The van der Waals surface area contributed by atoms with Crippen molar-refractivity contribution in [3.8, 4) is 28.4 Å². The Kier molecular flexibility index (Phi) is 7.18. The third kappa shape index (κ3) is 4.86. The molecule has 36 heavy (non-hydrogen) atoms. The second-order valence-corrected chi connectivity index (χ2v) is 8.23. The second-order valence-electron chi connectivity index (χ2n) is 8.23. The number of nitrogens with zero attached hydrogens (tertiary/aromatic N) is 3. The normalized spacial score (nSPS) is 12.5. The molecule has 0 spiro atoms. The number of carboxylic acids is 1. The van der Waals surface area contributed by atoms with Gasteiger partial charge in [-0.3, -0.25) is 9.59 Å². The van der Waals surface area contributed by atoms with E-state index in [1.54, 1.807) is 18.2 Å². The Labute approximate surface area is 204 Å². The van der Waals surface area contributed by atoms with Crippen molar-refractivity contribution in [3.63, 3.8) is 0 Å². The molecule has 0 saturated heterocycles. The molecule has 1 aromatic heterocycles. The summed E-state index contributed by atoms with van der Waals surface area (Å²) in [4.78, 5) is 24.8. The molecule has 0 aliphatic heterocycles. The molecule has 8 nitrogen and oxygen atoms in total. The van der Waals surface area contributed by atoms with Crippen LogP contribution in [0, 0.1) is 5.82 Å². The SMILES string of the molecule is COc1cc(OC)cc(-c2nn(-c3cc(N(CCC(=O)O)C(F)F)ccc3F)c(=O)c3c2CCC3)c1. The van der Waals surface area contributed by atoms with Gasteiger partial charge in [-0.15, -0.1) is 0 Å². The third-order valence-corrected chi connectivity index (χ3v) is 6.07. The maximum absolute atomic E-state index is 15.0. The highest BCUT2D eigenvalue weighted by molar-refractivity contribution is 5.69. The van der Waals surface area contributed by atoms with E-state index in [2.05, 4.69) is 5.10 Å². The number of methoxy groups -OCH3 is 2. The van der Waals surface area contributed by atoms with Gasteiger partial charge in [-0.25, -0.2) is 4.39 Å². The van der Waals surface area contributed by atoms with E-state index in [-0.39, 0.29) is 11.4 Å². The molecular weight excluding hydrogens is 479 g/mol. The van der Waals surface area contributed by atoms with Crippen LogP contribution in [-0.4, -0.2) is 48.2 Å². The number of rotatable bonds is 9. The summed E-state index contributed by atoms with van der Waals surface area (Å²) in [7, 11) is 2.99. The average molecular weight is 503 g/mol. The molecule has 0 radical (unpaired) electrons. The standard InChI is InChI=1S/C25H24F3N3O5/c1-35-16-10-14(11-17(13-16)36-2)23-18-4-3-5-19(18)24(34)31(29-23)21-12-15(6-7-20(21)26)30(25(27)28)9-8-22(32)33/h6-7,10-13,25H,3-5,8-9H2,1-2H3,(H,32,33). The molecule has 0 fully saturated rings. The van der Waals surface area contributed by atoms with Crippen molar-refractivity contribution in [3.05, 3.63) is 63.7 Å². The van der Waals surface area contributed by atoms with Crippen LogP contribution >= 0.6 is 0 Å². The summed E-state index contributed by atoms with van der Waals surface area (Å²) >= 11 is 0. The maximum Gasteiger partial charge on any atom is 0.315 e. The van der Waals surface area contributed by atoms with E-state index in [1.165, 1.54) is 14.2 Å². The molecule has 0 bridgehead atoms. The molecule has 0 amide bonds. The van der Waals surface area contributed by atoms with Crippen LogP contribution in [0.3, 0.4) is 0 Å². The maximum atomic E-state index is 15.0. The molecule has 1 N–H and O–H groups in total. The van der Waals surface area contributed by atoms with Crippen LogP contribution in [0.5, 0.6) is 11.5 Å². The minimum atomic E-state index is -3.04. The van der Waals surface area contributed by atoms with Gasteiger partial charge in [-0.2, -0.15) is 18.6 Å². The number of ether oxygens (including phenoxy) is 2. The minimum absolute atomic E-state index is 0.138. The third-order valence-electron chi connectivity index (χ3n) is 6.07. The van der Waals surface area contributed by atoms with Crippen LogP contribution < -0.4 is 19.9 Å². The monoisotopic (exact) mass is 503 g/mol. The number of fused-ring (bicyclic) bond motifs is 1. The number of hydrogen-bond acceptors (Lipinski definition) is 6. The summed E-state index contributed by atoms with van der Waals surface area (Å²) in [6.07, 6.45) is 1.23. The van der Waals surface area contributed by atoms with Gasteiger partial charge >= 0.3 is 12.5 Å². The van der Waals surface area contributed by atoms with Crippen molar-refractivity contribution in [1.82, 2.24) is 9.78 Å². The van der Waals surface area contributed by atoms with E-state index in [9.17, 15) is 22.8 Å². The summed E-state index contributed by atoms with van der Waals surface area (Å²) in [6.45, 7) is -3.54. The van der Waals surface area contributed by atoms with Crippen LogP contribution in [0.15, 0.2) is 41.2 Å².